The van der Waals surface area contributed by atoms with E-state index in [1.165, 1.54) is 12.0 Å². The molecule has 2 aliphatic heterocycles. The second kappa shape index (κ2) is 4.39. The first-order valence-corrected chi connectivity index (χ1v) is 6.75. The maximum absolute atomic E-state index is 12.5. The molecule has 3 nitrogen and oxygen atoms in total. The fourth-order valence-electron chi connectivity index (χ4n) is 3.17. The Balaban J connectivity index is 1.81. The van der Waals surface area contributed by atoms with Gasteiger partial charge in [0.2, 0.25) is 0 Å². The zero-order chi connectivity index (χ0) is 12.7. The Kier molecular flexibility index (Phi) is 2.86. The van der Waals surface area contributed by atoms with E-state index in [-0.39, 0.29) is 5.91 Å². The van der Waals surface area contributed by atoms with Crippen molar-refractivity contribution < 1.29 is 4.79 Å². The highest BCUT2D eigenvalue weighted by Crippen LogP contribution is 2.26. The molecule has 0 saturated carbocycles. The van der Waals surface area contributed by atoms with Gasteiger partial charge in [-0.25, -0.2) is 0 Å². The fourth-order valence-corrected chi connectivity index (χ4v) is 3.17. The Morgan fingerprint density at radius 3 is 2.94 bits per heavy atom. The molecule has 2 fully saturated rings. The number of carbonyl (C=O) groups is 1. The van der Waals surface area contributed by atoms with Crippen molar-refractivity contribution in [2.45, 2.75) is 26.3 Å². The van der Waals surface area contributed by atoms with E-state index in [2.05, 4.69) is 18.3 Å². The van der Waals surface area contributed by atoms with Crippen molar-refractivity contribution in [2.24, 2.45) is 5.92 Å². The molecule has 3 rings (SSSR count). The lowest BCUT2D eigenvalue weighted by Gasteiger charge is -2.19. The summed E-state index contributed by atoms with van der Waals surface area (Å²) in [6.07, 6.45) is 1.21. The van der Waals surface area contributed by atoms with Crippen molar-refractivity contribution in [2.75, 3.05) is 19.6 Å². The maximum Gasteiger partial charge on any atom is 0.254 e. The van der Waals surface area contributed by atoms with Crippen molar-refractivity contribution in [1.29, 1.82) is 0 Å². The van der Waals surface area contributed by atoms with Gasteiger partial charge in [-0.2, -0.15) is 0 Å². The van der Waals surface area contributed by atoms with E-state index in [1.807, 2.05) is 24.0 Å². The lowest BCUT2D eigenvalue weighted by molar-refractivity contribution is 0.0782. The summed E-state index contributed by atoms with van der Waals surface area (Å²) < 4.78 is 0. The monoisotopic (exact) mass is 244 g/mol. The number of amides is 1. The first-order chi connectivity index (χ1) is 8.66. The SMILES string of the molecule is Cc1cccc(C(=O)N2C[C@@H]3CCN[C@@H]3C2)c1C. The van der Waals surface area contributed by atoms with Crippen molar-refractivity contribution in [1.82, 2.24) is 10.2 Å². The van der Waals surface area contributed by atoms with E-state index in [0.29, 0.717) is 12.0 Å². The molecule has 2 heterocycles. The number of fused-ring (bicyclic) bond motifs is 1. The lowest BCUT2D eigenvalue weighted by Crippen LogP contribution is -2.34. The zero-order valence-electron chi connectivity index (χ0n) is 11.1. The van der Waals surface area contributed by atoms with E-state index in [0.717, 1.165) is 30.8 Å². The summed E-state index contributed by atoms with van der Waals surface area (Å²) in [6.45, 7) is 7.01. The van der Waals surface area contributed by atoms with Gasteiger partial charge in [0.15, 0.2) is 0 Å². The molecular formula is C15H20N2O. The third kappa shape index (κ3) is 1.83. The van der Waals surface area contributed by atoms with Gasteiger partial charge in [0.1, 0.15) is 0 Å². The quantitative estimate of drug-likeness (QED) is 0.816. The number of rotatable bonds is 1. The molecule has 2 saturated heterocycles. The van der Waals surface area contributed by atoms with Gasteiger partial charge >= 0.3 is 0 Å². The molecule has 0 aromatic heterocycles. The molecule has 1 aromatic rings. The Hall–Kier alpha value is -1.35. The normalized spacial score (nSPS) is 26.4. The largest absolute Gasteiger partial charge is 0.337 e. The summed E-state index contributed by atoms with van der Waals surface area (Å²) in [6, 6.07) is 6.52. The average molecular weight is 244 g/mol. The smallest absolute Gasteiger partial charge is 0.254 e. The van der Waals surface area contributed by atoms with Crippen LogP contribution >= 0.6 is 0 Å². The number of nitrogens with one attached hydrogen (secondary N) is 1. The predicted molar refractivity (Wildman–Crippen MR) is 71.7 cm³/mol. The number of aryl methyl sites for hydroxylation is 1. The van der Waals surface area contributed by atoms with Gasteiger partial charge in [-0.15, -0.1) is 0 Å². The highest BCUT2D eigenvalue weighted by Gasteiger charge is 2.38. The number of likely N-dealkylation sites (tertiary alicyclic amines) is 1. The van der Waals surface area contributed by atoms with E-state index >= 15 is 0 Å². The standard InChI is InChI=1S/C15H20N2O/c1-10-4-3-5-13(11(10)2)15(18)17-8-12-6-7-16-14(12)9-17/h3-5,12,14,16H,6-9H2,1-2H3/t12-,14+/m0/s1. The number of carbonyl (C=O) groups excluding carboxylic acids is 1. The van der Waals surface area contributed by atoms with Crippen LogP contribution in [0.2, 0.25) is 0 Å². The number of hydrogen-bond donors (Lipinski definition) is 1. The fraction of sp³-hybridized carbons (Fsp3) is 0.533. The van der Waals surface area contributed by atoms with Crippen LogP contribution in [0.25, 0.3) is 0 Å². The van der Waals surface area contributed by atoms with Crippen LogP contribution in [0, 0.1) is 19.8 Å². The molecule has 96 valence electrons. The van der Waals surface area contributed by atoms with Crippen LogP contribution < -0.4 is 5.32 Å². The van der Waals surface area contributed by atoms with E-state index in [9.17, 15) is 4.79 Å². The summed E-state index contributed by atoms with van der Waals surface area (Å²) in [5, 5.41) is 3.49. The summed E-state index contributed by atoms with van der Waals surface area (Å²) >= 11 is 0. The molecule has 0 radical (unpaired) electrons. The van der Waals surface area contributed by atoms with Crippen LogP contribution in [0.3, 0.4) is 0 Å². The molecular weight excluding hydrogens is 224 g/mol. The van der Waals surface area contributed by atoms with Crippen LogP contribution in [-0.2, 0) is 0 Å². The molecule has 1 amide bonds. The van der Waals surface area contributed by atoms with Crippen LogP contribution in [0.5, 0.6) is 0 Å². The van der Waals surface area contributed by atoms with Crippen LogP contribution in [0.15, 0.2) is 18.2 Å². The second-order valence-electron chi connectivity index (χ2n) is 5.57. The first-order valence-electron chi connectivity index (χ1n) is 6.75. The van der Waals surface area contributed by atoms with Crippen molar-refractivity contribution >= 4 is 5.91 Å². The van der Waals surface area contributed by atoms with Gasteiger partial charge in [0.25, 0.3) is 5.91 Å². The summed E-state index contributed by atoms with van der Waals surface area (Å²) in [7, 11) is 0. The molecule has 2 aliphatic rings. The van der Waals surface area contributed by atoms with Crippen molar-refractivity contribution in [3.05, 3.63) is 34.9 Å². The predicted octanol–water partition coefficient (Wildman–Crippen LogP) is 1.74. The Morgan fingerprint density at radius 2 is 2.17 bits per heavy atom. The third-order valence-corrected chi connectivity index (χ3v) is 4.48. The summed E-state index contributed by atoms with van der Waals surface area (Å²) in [5.74, 6) is 0.867. The molecule has 2 atom stereocenters. The molecule has 18 heavy (non-hydrogen) atoms. The first kappa shape index (κ1) is 11.7. The van der Waals surface area contributed by atoms with Gasteiger partial charge < -0.3 is 10.2 Å². The maximum atomic E-state index is 12.5. The molecule has 0 bridgehead atoms. The minimum atomic E-state index is 0.201. The number of hydrogen-bond acceptors (Lipinski definition) is 2. The van der Waals surface area contributed by atoms with Crippen LogP contribution in [0.1, 0.15) is 27.9 Å². The minimum Gasteiger partial charge on any atom is -0.337 e. The molecule has 0 spiro atoms. The van der Waals surface area contributed by atoms with Gasteiger partial charge in [0.05, 0.1) is 0 Å². The topological polar surface area (TPSA) is 32.3 Å². The van der Waals surface area contributed by atoms with Gasteiger partial charge in [-0.1, -0.05) is 12.1 Å². The highest BCUT2D eigenvalue weighted by molar-refractivity contribution is 5.96. The molecule has 1 N–H and O–H groups in total. The van der Waals surface area contributed by atoms with Gasteiger partial charge in [-0.05, 0) is 49.9 Å². The average Bonchev–Trinajstić information content (AvgIpc) is 2.92. The Labute approximate surface area is 108 Å². The third-order valence-electron chi connectivity index (χ3n) is 4.48. The van der Waals surface area contributed by atoms with Crippen LogP contribution in [-0.4, -0.2) is 36.5 Å². The summed E-state index contributed by atoms with van der Waals surface area (Å²) in [4.78, 5) is 14.6. The molecule has 1 aromatic carbocycles. The van der Waals surface area contributed by atoms with E-state index < -0.39 is 0 Å². The summed E-state index contributed by atoms with van der Waals surface area (Å²) in [5.41, 5.74) is 3.18. The lowest BCUT2D eigenvalue weighted by atomic mass is 10.0. The molecule has 0 aliphatic carbocycles. The highest BCUT2D eigenvalue weighted by atomic mass is 16.2. The van der Waals surface area contributed by atoms with Crippen molar-refractivity contribution in [3.8, 4) is 0 Å². The molecule has 3 heteroatoms. The minimum absolute atomic E-state index is 0.201. The Bertz CT molecular complexity index is 471. The number of benzene rings is 1. The van der Waals surface area contributed by atoms with Crippen molar-refractivity contribution in [3.63, 3.8) is 0 Å². The van der Waals surface area contributed by atoms with Crippen LogP contribution in [0.4, 0.5) is 0 Å². The van der Waals surface area contributed by atoms with Gasteiger partial charge in [0, 0.05) is 24.7 Å². The second-order valence-corrected chi connectivity index (χ2v) is 5.57. The van der Waals surface area contributed by atoms with E-state index in [1.54, 1.807) is 0 Å². The Morgan fingerprint density at radius 1 is 1.33 bits per heavy atom. The molecule has 0 unspecified atom stereocenters. The zero-order valence-corrected chi connectivity index (χ0v) is 11.1. The number of nitrogens with zero attached hydrogens (tertiary/aromatic N) is 1. The van der Waals surface area contributed by atoms with Gasteiger partial charge in [-0.3, -0.25) is 4.79 Å². The van der Waals surface area contributed by atoms with E-state index in [4.69, 9.17) is 0 Å².